The molecule has 5 nitrogen and oxygen atoms in total. The molecule has 0 spiro atoms. The summed E-state index contributed by atoms with van der Waals surface area (Å²) < 4.78 is 21.8. The van der Waals surface area contributed by atoms with Gasteiger partial charge in [-0.1, -0.05) is 23.7 Å². The number of hydrogen-bond donors (Lipinski definition) is 0. The van der Waals surface area contributed by atoms with Crippen molar-refractivity contribution >= 4 is 44.0 Å². The summed E-state index contributed by atoms with van der Waals surface area (Å²) in [6, 6.07) is 11.8. The molecule has 0 unspecified atom stereocenters. The average molecular weight is 368 g/mol. The van der Waals surface area contributed by atoms with Crippen molar-refractivity contribution in [3.63, 3.8) is 0 Å². The first-order valence-corrected chi connectivity index (χ1v) is 8.44. The third-order valence-electron chi connectivity index (χ3n) is 4.73. The molecule has 130 valence electrons. The Balaban J connectivity index is 1.92. The largest absolute Gasteiger partial charge is 0.493 e. The number of pyridine rings is 1. The quantitative estimate of drug-likeness (QED) is 0.371. The number of hydrogen-bond acceptors (Lipinski definition) is 5. The van der Waals surface area contributed by atoms with Gasteiger partial charge in [-0.05, 0) is 35.0 Å². The molecule has 4 aromatic rings. The van der Waals surface area contributed by atoms with E-state index in [9.17, 15) is 0 Å². The first kappa shape index (κ1) is 15.3. The Bertz CT molecular complexity index is 1210. The molecule has 6 heteroatoms. The molecule has 2 heterocycles. The minimum absolute atomic E-state index is 0.234. The van der Waals surface area contributed by atoms with Crippen LogP contribution in [0.15, 0.2) is 36.4 Å². The third-order valence-corrected chi connectivity index (χ3v) is 5.02. The molecule has 1 aliphatic rings. The number of fused-ring (bicyclic) bond motifs is 6. The lowest BCUT2D eigenvalue weighted by molar-refractivity contribution is 0.174. The van der Waals surface area contributed by atoms with Gasteiger partial charge in [0.1, 0.15) is 5.15 Å². The van der Waals surface area contributed by atoms with Crippen molar-refractivity contribution in [2.24, 2.45) is 0 Å². The second-order valence-electron chi connectivity index (χ2n) is 6.04. The van der Waals surface area contributed by atoms with Crippen molar-refractivity contribution in [1.82, 2.24) is 4.98 Å². The van der Waals surface area contributed by atoms with Gasteiger partial charge in [0.2, 0.25) is 6.79 Å². The number of methoxy groups -OCH3 is 2. The van der Waals surface area contributed by atoms with Gasteiger partial charge >= 0.3 is 0 Å². The molecule has 0 amide bonds. The molecule has 0 bridgehead atoms. The van der Waals surface area contributed by atoms with E-state index in [-0.39, 0.29) is 6.79 Å². The molecule has 0 radical (unpaired) electrons. The van der Waals surface area contributed by atoms with Gasteiger partial charge in [-0.3, -0.25) is 0 Å². The number of ether oxygens (including phenoxy) is 4. The van der Waals surface area contributed by atoms with E-state index >= 15 is 0 Å². The number of rotatable bonds is 2. The average Bonchev–Trinajstić information content (AvgIpc) is 3.12. The van der Waals surface area contributed by atoms with Crippen LogP contribution >= 0.6 is 11.6 Å². The van der Waals surface area contributed by atoms with Crippen molar-refractivity contribution in [2.45, 2.75) is 0 Å². The molecule has 0 saturated carbocycles. The number of aromatic nitrogens is 1. The van der Waals surface area contributed by atoms with E-state index < -0.39 is 0 Å². The van der Waals surface area contributed by atoms with Crippen LogP contribution in [0.2, 0.25) is 5.15 Å². The van der Waals surface area contributed by atoms with Crippen LogP contribution in [0.1, 0.15) is 0 Å². The van der Waals surface area contributed by atoms with Gasteiger partial charge in [-0.15, -0.1) is 0 Å². The van der Waals surface area contributed by atoms with E-state index in [0.29, 0.717) is 16.7 Å². The van der Waals surface area contributed by atoms with Crippen LogP contribution in [0, 0.1) is 0 Å². The predicted octanol–water partition coefficient (Wildman–Crippen LogP) is 4.94. The third kappa shape index (κ3) is 2.07. The minimum atomic E-state index is 0.234. The first-order valence-electron chi connectivity index (χ1n) is 8.07. The zero-order chi connectivity index (χ0) is 17.8. The SMILES string of the molecule is COc1cc2c(Cl)nc3c4cc5c(cc4ccc3c2cc1OC)OCO5. The molecule has 0 aliphatic carbocycles. The van der Waals surface area contributed by atoms with Crippen LogP contribution in [0.4, 0.5) is 0 Å². The molecule has 26 heavy (non-hydrogen) atoms. The summed E-state index contributed by atoms with van der Waals surface area (Å²) in [4.78, 5) is 4.66. The second kappa shape index (κ2) is 5.54. The molecule has 1 aliphatic heterocycles. The summed E-state index contributed by atoms with van der Waals surface area (Å²) in [7, 11) is 3.22. The van der Waals surface area contributed by atoms with Crippen molar-refractivity contribution in [2.75, 3.05) is 21.0 Å². The lowest BCUT2D eigenvalue weighted by Gasteiger charge is -2.13. The van der Waals surface area contributed by atoms with Crippen LogP contribution in [0.3, 0.4) is 0 Å². The van der Waals surface area contributed by atoms with Gasteiger partial charge in [-0.25, -0.2) is 4.98 Å². The summed E-state index contributed by atoms with van der Waals surface area (Å²) in [5.74, 6) is 2.73. The zero-order valence-corrected chi connectivity index (χ0v) is 14.9. The summed E-state index contributed by atoms with van der Waals surface area (Å²) in [5, 5.41) is 5.15. The van der Waals surface area contributed by atoms with Gasteiger partial charge in [-0.2, -0.15) is 0 Å². The van der Waals surface area contributed by atoms with E-state index in [1.54, 1.807) is 14.2 Å². The highest BCUT2D eigenvalue weighted by molar-refractivity contribution is 6.36. The minimum Gasteiger partial charge on any atom is -0.493 e. The van der Waals surface area contributed by atoms with Crippen LogP contribution in [-0.2, 0) is 0 Å². The molecular formula is C20H14ClNO4. The fraction of sp³-hybridized carbons (Fsp3) is 0.150. The molecule has 1 aromatic heterocycles. The van der Waals surface area contributed by atoms with Crippen LogP contribution < -0.4 is 18.9 Å². The first-order chi connectivity index (χ1) is 12.7. The summed E-state index contributed by atoms with van der Waals surface area (Å²) in [6.07, 6.45) is 0. The van der Waals surface area contributed by atoms with E-state index in [0.717, 1.165) is 43.9 Å². The fourth-order valence-electron chi connectivity index (χ4n) is 3.47. The predicted molar refractivity (Wildman–Crippen MR) is 101 cm³/mol. The van der Waals surface area contributed by atoms with Crippen LogP contribution in [0.5, 0.6) is 23.0 Å². The molecular weight excluding hydrogens is 354 g/mol. The highest BCUT2D eigenvalue weighted by Crippen LogP contribution is 2.42. The molecule has 3 aromatic carbocycles. The molecule has 0 fully saturated rings. The monoisotopic (exact) mass is 367 g/mol. The van der Waals surface area contributed by atoms with E-state index in [1.165, 1.54) is 0 Å². The van der Waals surface area contributed by atoms with Crippen molar-refractivity contribution < 1.29 is 18.9 Å². The highest BCUT2D eigenvalue weighted by atomic mass is 35.5. The maximum Gasteiger partial charge on any atom is 0.231 e. The fourth-order valence-corrected chi connectivity index (χ4v) is 3.71. The van der Waals surface area contributed by atoms with Gasteiger partial charge in [0.15, 0.2) is 23.0 Å². The number of nitrogens with zero attached hydrogens (tertiary/aromatic N) is 1. The second-order valence-corrected chi connectivity index (χ2v) is 6.40. The van der Waals surface area contributed by atoms with Crippen molar-refractivity contribution in [1.29, 1.82) is 0 Å². The van der Waals surface area contributed by atoms with Gasteiger partial charge in [0.25, 0.3) is 0 Å². The summed E-state index contributed by atoms with van der Waals surface area (Å²) in [5.41, 5.74) is 0.811. The van der Waals surface area contributed by atoms with E-state index in [4.69, 9.17) is 30.5 Å². The normalized spacial score (nSPS) is 12.9. The smallest absolute Gasteiger partial charge is 0.231 e. The maximum absolute atomic E-state index is 6.51. The zero-order valence-electron chi connectivity index (χ0n) is 14.1. The number of benzene rings is 3. The molecule has 5 rings (SSSR count). The van der Waals surface area contributed by atoms with Gasteiger partial charge in [0.05, 0.1) is 19.7 Å². The topological polar surface area (TPSA) is 49.8 Å². The summed E-state index contributed by atoms with van der Waals surface area (Å²) >= 11 is 6.51. The standard InChI is InChI=1S/C20H14ClNO4/c1-23-15-7-13-11-4-3-10-5-17-18(26-9-25-17)6-12(10)19(11)22-20(21)14(13)8-16(15)24-2/h3-8H,9H2,1-2H3. The lowest BCUT2D eigenvalue weighted by Crippen LogP contribution is -1.93. The van der Waals surface area contributed by atoms with E-state index in [1.807, 2.05) is 36.4 Å². The Morgan fingerprint density at radius 2 is 1.54 bits per heavy atom. The van der Waals surface area contributed by atoms with Crippen molar-refractivity contribution in [3.8, 4) is 23.0 Å². The Labute approximate surface area is 154 Å². The van der Waals surface area contributed by atoms with Gasteiger partial charge in [0, 0.05) is 16.2 Å². The molecule has 0 N–H and O–H groups in total. The van der Waals surface area contributed by atoms with E-state index in [2.05, 4.69) is 4.98 Å². The molecule has 0 saturated heterocycles. The summed E-state index contributed by atoms with van der Waals surface area (Å²) in [6.45, 7) is 0.234. The molecule has 0 atom stereocenters. The number of halogens is 1. The van der Waals surface area contributed by atoms with Crippen LogP contribution in [-0.4, -0.2) is 26.0 Å². The highest BCUT2D eigenvalue weighted by Gasteiger charge is 2.18. The Morgan fingerprint density at radius 3 is 2.27 bits per heavy atom. The Hall–Kier alpha value is -2.92. The maximum atomic E-state index is 6.51. The Morgan fingerprint density at radius 1 is 0.846 bits per heavy atom. The van der Waals surface area contributed by atoms with Crippen molar-refractivity contribution in [3.05, 3.63) is 41.6 Å². The van der Waals surface area contributed by atoms with Crippen LogP contribution in [0.25, 0.3) is 32.4 Å². The lowest BCUT2D eigenvalue weighted by atomic mass is 10.0. The van der Waals surface area contributed by atoms with Gasteiger partial charge < -0.3 is 18.9 Å². The Kier molecular flexibility index (Phi) is 3.27.